The first-order valence-corrected chi connectivity index (χ1v) is 4.03. The first kappa shape index (κ1) is 7.53. The van der Waals surface area contributed by atoms with Crippen LogP contribution in [-0.2, 0) is 0 Å². The normalized spacial score (nSPS) is 15.2. The van der Waals surface area contributed by atoms with E-state index in [-0.39, 0.29) is 0 Å². The predicted octanol–water partition coefficient (Wildman–Crippen LogP) is 1.28. The molecule has 0 N–H and O–H groups in total. The Morgan fingerprint density at radius 1 is 1.50 bits per heavy atom. The van der Waals surface area contributed by atoms with Gasteiger partial charge in [-0.1, -0.05) is 6.07 Å². The van der Waals surface area contributed by atoms with Crippen molar-refractivity contribution in [3.63, 3.8) is 0 Å². The maximum atomic E-state index is 5.77. The third kappa shape index (κ3) is 1.15. The van der Waals surface area contributed by atoms with Crippen molar-refractivity contribution in [2.45, 2.75) is 6.92 Å². The van der Waals surface area contributed by atoms with Gasteiger partial charge in [0.25, 0.3) is 0 Å². The summed E-state index contributed by atoms with van der Waals surface area (Å²) in [7, 11) is 5.77. The summed E-state index contributed by atoms with van der Waals surface area (Å²) in [5.41, 5.74) is 2.19. The van der Waals surface area contributed by atoms with Gasteiger partial charge in [-0.15, -0.1) is 0 Å². The summed E-state index contributed by atoms with van der Waals surface area (Å²) in [5, 5.41) is 0. The molecule has 1 aromatic rings. The second-order valence-corrected chi connectivity index (χ2v) is 3.01. The van der Waals surface area contributed by atoms with Crippen LogP contribution in [0, 0.1) is 6.92 Å². The van der Waals surface area contributed by atoms with Crippen molar-refractivity contribution < 1.29 is 4.74 Å². The number of anilines is 1. The number of hydrogen-bond donors (Lipinski definition) is 0. The molecule has 0 aliphatic carbocycles. The summed E-state index contributed by atoms with van der Waals surface area (Å²) in [6, 6.07) is 6.02. The number of rotatable bonds is 0. The van der Waals surface area contributed by atoms with E-state index < -0.39 is 0 Å². The topological polar surface area (TPSA) is 12.5 Å². The van der Waals surface area contributed by atoms with E-state index in [9.17, 15) is 0 Å². The van der Waals surface area contributed by atoms with Gasteiger partial charge in [0.2, 0.25) is 7.98 Å². The molecule has 1 heterocycles. The lowest BCUT2D eigenvalue weighted by Gasteiger charge is -2.28. The highest BCUT2D eigenvalue weighted by molar-refractivity contribution is 6.18. The SMILES string of the molecule is [B]N1CCOc2ccc(C)cc21. The van der Waals surface area contributed by atoms with Gasteiger partial charge in [-0.05, 0) is 24.6 Å². The Morgan fingerprint density at radius 3 is 3.17 bits per heavy atom. The van der Waals surface area contributed by atoms with Crippen LogP contribution < -0.4 is 9.55 Å². The fraction of sp³-hybridized carbons (Fsp3) is 0.333. The first-order chi connectivity index (χ1) is 5.77. The van der Waals surface area contributed by atoms with Crippen molar-refractivity contribution in [3.8, 4) is 5.75 Å². The lowest BCUT2D eigenvalue weighted by molar-refractivity contribution is 0.317. The van der Waals surface area contributed by atoms with Crippen molar-refractivity contribution in [3.05, 3.63) is 23.8 Å². The molecule has 1 aliphatic heterocycles. The van der Waals surface area contributed by atoms with Crippen LogP contribution in [0.15, 0.2) is 18.2 Å². The van der Waals surface area contributed by atoms with Gasteiger partial charge in [-0.2, -0.15) is 0 Å². The van der Waals surface area contributed by atoms with E-state index in [1.54, 1.807) is 4.81 Å². The van der Waals surface area contributed by atoms with Crippen LogP contribution in [0.3, 0.4) is 0 Å². The van der Waals surface area contributed by atoms with Crippen LogP contribution in [-0.4, -0.2) is 21.1 Å². The van der Waals surface area contributed by atoms with Crippen LogP contribution >= 0.6 is 0 Å². The van der Waals surface area contributed by atoms with Crippen LogP contribution in [0.2, 0.25) is 0 Å². The van der Waals surface area contributed by atoms with Gasteiger partial charge < -0.3 is 9.55 Å². The Balaban J connectivity index is 2.47. The highest BCUT2D eigenvalue weighted by Crippen LogP contribution is 2.30. The average molecular weight is 159 g/mol. The molecular weight excluding hydrogens is 149 g/mol. The number of aryl methyl sites for hydroxylation is 1. The number of fused-ring (bicyclic) bond motifs is 1. The lowest BCUT2D eigenvalue weighted by Crippen LogP contribution is -2.30. The third-order valence-corrected chi connectivity index (χ3v) is 2.01. The van der Waals surface area contributed by atoms with Crippen LogP contribution in [0.25, 0.3) is 0 Å². The van der Waals surface area contributed by atoms with Gasteiger partial charge >= 0.3 is 0 Å². The summed E-state index contributed by atoms with van der Waals surface area (Å²) in [5.74, 6) is 0.884. The maximum Gasteiger partial charge on any atom is 0.226 e. The minimum atomic E-state index is 0.673. The molecule has 0 unspecified atom stereocenters. The molecule has 0 saturated heterocycles. The number of nitrogens with zero attached hydrogens (tertiary/aromatic N) is 1. The molecule has 2 rings (SSSR count). The predicted molar refractivity (Wildman–Crippen MR) is 49.8 cm³/mol. The molecule has 0 saturated carbocycles. The van der Waals surface area contributed by atoms with Gasteiger partial charge in [0.1, 0.15) is 12.4 Å². The highest BCUT2D eigenvalue weighted by Gasteiger charge is 2.13. The van der Waals surface area contributed by atoms with Gasteiger partial charge in [-0.3, -0.25) is 0 Å². The third-order valence-electron chi connectivity index (χ3n) is 2.01. The second kappa shape index (κ2) is 2.74. The zero-order valence-corrected chi connectivity index (χ0v) is 7.08. The highest BCUT2D eigenvalue weighted by atomic mass is 16.5. The quantitative estimate of drug-likeness (QED) is 0.528. The second-order valence-electron chi connectivity index (χ2n) is 3.01. The van der Waals surface area contributed by atoms with Gasteiger partial charge in [-0.25, -0.2) is 0 Å². The van der Waals surface area contributed by atoms with E-state index in [1.807, 2.05) is 25.1 Å². The fourth-order valence-electron chi connectivity index (χ4n) is 1.35. The summed E-state index contributed by atoms with van der Waals surface area (Å²) in [6.45, 7) is 3.48. The molecule has 12 heavy (non-hydrogen) atoms. The largest absolute Gasteiger partial charge is 0.490 e. The van der Waals surface area contributed by atoms with Crippen LogP contribution in [0.1, 0.15) is 5.56 Å². The molecule has 2 nitrogen and oxygen atoms in total. The Hall–Kier alpha value is -1.12. The standard InChI is InChI=1S/C9H10BNO/c1-7-2-3-9-8(6-7)11(10)4-5-12-9/h2-3,6H,4-5H2,1H3. The molecule has 60 valence electrons. The zero-order valence-electron chi connectivity index (χ0n) is 7.08. The van der Waals surface area contributed by atoms with E-state index in [0.717, 1.165) is 18.0 Å². The maximum absolute atomic E-state index is 5.77. The van der Waals surface area contributed by atoms with Crippen molar-refractivity contribution in [1.29, 1.82) is 0 Å². The average Bonchev–Trinajstić information content (AvgIpc) is 2.07. The summed E-state index contributed by atoms with van der Waals surface area (Å²) < 4.78 is 5.43. The minimum absolute atomic E-state index is 0.673. The summed E-state index contributed by atoms with van der Waals surface area (Å²) in [6.07, 6.45) is 0. The molecule has 0 bridgehead atoms. The molecule has 0 aromatic heterocycles. The number of ether oxygens (including phenoxy) is 1. The minimum Gasteiger partial charge on any atom is -0.490 e. The summed E-state index contributed by atoms with van der Waals surface area (Å²) >= 11 is 0. The van der Waals surface area contributed by atoms with Crippen molar-refractivity contribution in [2.24, 2.45) is 0 Å². The Morgan fingerprint density at radius 2 is 2.33 bits per heavy atom. The van der Waals surface area contributed by atoms with Crippen LogP contribution in [0.4, 0.5) is 5.69 Å². The van der Waals surface area contributed by atoms with E-state index in [1.165, 1.54) is 5.56 Å². The smallest absolute Gasteiger partial charge is 0.226 e. The first-order valence-electron chi connectivity index (χ1n) is 4.03. The zero-order chi connectivity index (χ0) is 8.55. The molecule has 2 radical (unpaired) electrons. The molecular formula is C9H10BNO. The Kier molecular flexibility index (Phi) is 1.72. The van der Waals surface area contributed by atoms with Gasteiger partial charge in [0.05, 0.1) is 5.69 Å². The number of benzene rings is 1. The summed E-state index contributed by atoms with van der Waals surface area (Å²) in [4.78, 5) is 1.73. The molecule has 0 fully saturated rings. The molecule has 1 aromatic carbocycles. The molecule has 0 spiro atoms. The van der Waals surface area contributed by atoms with Crippen molar-refractivity contribution in [2.75, 3.05) is 18.0 Å². The van der Waals surface area contributed by atoms with Crippen LogP contribution in [0.5, 0.6) is 5.75 Å². The number of hydrogen-bond acceptors (Lipinski definition) is 2. The van der Waals surface area contributed by atoms with E-state index in [4.69, 9.17) is 12.7 Å². The Bertz CT molecular complexity index is 301. The monoisotopic (exact) mass is 159 g/mol. The lowest BCUT2D eigenvalue weighted by atomic mass is 10.1. The van der Waals surface area contributed by atoms with Gasteiger partial charge in [0, 0.05) is 6.54 Å². The Labute approximate surface area is 73.6 Å². The van der Waals surface area contributed by atoms with Gasteiger partial charge in [0.15, 0.2) is 0 Å². The molecule has 3 heteroatoms. The fourth-order valence-corrected chi connectivity index (χ4v) is 1.35. The van der Waals surface area contributed by atoms with E-state index >= 15 is 0 Å². The van der Waals surface area contributed by atoms with Crippen molar-refractivity contribution in [1.82, 2.24) is 0 Å². The van der Waals surface area contributed by atoms with E-state index in [2.05, 4.69) is 0 Å². The molecule has 0 atom stereocenters. The van der Waals surface area contributed by atoms with Crippen molar-refractivity contribution >= 4 is 13.7 Å². The molecule has 0 amide bonds. The molecule has 1 aliphatic rings. The van der Waals surface area contributed by atoms with E-state index in [0.29, 0.717) is 6.61 Å².